The minimum atomic E-state index is -0.730. The van der Waals surface area contributed by atoms with Crippen LogP contribution in [0.1, 0.15) is 31.5 Å². The Morgan fingerprint density at radius 2 is 2.50 bits per heavy atom. The van der Waals surface area contributed by atoms with Gasteiger partial charge in [-0.05, 0) is 19.3 Å². The third-order valence-corrected chi connectivity index (χ3v) is 3.45. The Balaban J connectivity index is 2.07. The molecule has 0 aromatic carbocycles. The summed E-state index contributed by atoms with van der Waals surface area (Å²) < 4.78 is 1.94. The van der Waals surface area contributed by atoms with Gasteiger partial charge in [0.1, 0.15) is 11.2 Å². The molecule has 0 spiro atoms. The number of carbonyl (C=O) groups excluding carboxylic acids is 1. The van der Waals surface area contributed by atoms with Gasteiger partial charge in [0.25, 0.3) is 0 Å². The number of hydrogen-bond donors (Lipinski definition) is 0. The van der Waals surface area contributed by atoms with Gasteiger partial charge in [-0.25, -0.2) is 4.98 Å². The molecule has 4 heteroatoms. The zero-order chi connectivity index (χ0) is 11.6. The second kappa shape index (κ2) is 4.09. The standard InChI is InChI=1S/C12H15N3O/c1-15-8-7-14-11(15)4-6-12(9-13)5-2-3-10(12)16/h7-8H,2-6H2,1H3. The maximum absolute atomic E-state index is 11.7. The summed E-state index contributed by atoms with van der Waals surface area (Å²) in [5, 5.41) is 9.19. The van der Waals surface area contributed by atoms with Gasteiger partial charge in [-0.15, -0.1) is 0 Å². The minimum absolute atomic E-state index is 0.115. The number of nitrogens with zero attached hydrogens (tertiary/aromatic N) is 3. The number of imidazole rings is 1. The molecule has 1 fully saturated rings. The van der Waals surface area contributed by atoms with Gasteiger partial charge in [0.15, 0.2) is 5.78 Å². The van der Waals surface area contributed by atoms with Crippen LogP contribution in [0.4, 0.5) is 0 Å². The quantitative estimate of drug-likeness (QED) is 0.773. The van der Waals surface area contributed by atoms with Gasteiger partial charge in [0.2, 0.25) is 0 Å². The Morgan fingerprint density at radius 1 is 1.69 bits per heavy atom. The second-order valence-electron chi connectivity index (χ2n) is 4.43. The van der Waals surface area contributed by atoms with Crippen LogP contribution in [-0.2, 0) is 18.3 Å². The molecule has 2 rings (SSSR count). The summed E-state index contributed by atoms with van der Waals surface area (Å²) in [6.07, 6.45) is 7.06. The first-order valence-electron chi connectivity index (χ1n) is 5.59. The molecule has 0 bridgehead atoms. The number of Topliss-reactive ketones (excluding diaryl/α,β-unsaturated/α-hetero) is 1. The van der Waals surface area contributed by atoms with E-state index >= 15 is 0 Å². The largest absolute Gasteiger partial charge is 0.338 e. The van der Waals surface area contributed by atoms with E-state index in [0.29, 0.717) is 25.7 Å². The molecule has 1 aliphatic rings. The summed E-state index contributed by atoms with van der Waals surface area (Å²) in [4.78, 5) is 15.9. The summed E-state index contributed by atoms with van der Waals surface area (Å²) >= 11 is 0. The molecule has 0 N–H and O–H groups in total. The van der Waals surface area contributed by atoms with Crippen molar-refractivity contribution in [2.24, 2.45) is 12.5 Å². The highest BCUT2D eigenvalue weighted by atomic mass is 16.1. The fourth-order valence-electron chi connectivity index (χ4n) is 2.33. The zero-order valence-corrected chi connectivity index (χ0v) is 9.44. The topological polar surface area (TPSA) is 58.7 Å². The molecule has 4 nitrogen and oxygen atoms in total. The fourth-order valence-corrected chi connectivity index (χ4v) is 2.33. The molecular formula is C12H15N3O. The molecule has 1 aromatic heterocycles. The Bertz CT molecular complexity index is 443. The maximum Gasteiger partial charge on any atom is 0.153 e. The van der Waals surface area contributed by atoms with E-state index < -0.39 is 5.41 Å². The van der Waals surface area contributed by atoms with E-state index in [2.05, 4.69) is 11.1 Å². The van der Waals surface area contributed by atoms with Gasteiger partial charge in [0.05, 0.1) is 6.07 Å². The molecule has 1 heterocycles. The Hall–Kier alpha value is -1.63. The van der Waals surface area contributed by atoms with Crippen molar-refractivity contribution in [3.8, 4) is 6.07 Å². The van der Waals surface area contributed by atoms with Gasteiger partial charge in [-0.3, -0.25) is 4.79 Å². The normalized spacial score (nSPS) is 24.6. The third kappa shape index (κ3) is 1.73. The summed E-state index contributed by atoms with van der Waals surface area (Å²) in [6, 6.07) is 2.22. The van der Waals surface area contributed by atoms with E-state index in [0.717, 1.165) is 12.2 Å². The lowest BCUT2D eigenvalue weighted by atomic mass is 9.82. The van der Waals surface area contributed by atoms with Crippen LogP contribution in [-0.4, -0.2) is 15.3 Å². The summed E-state index contributed by atoms with van der Waals surface area (Å²) in [5.41, 5.74) is -0.730. The maximum atomic E-state index is 11.7. The van der Waals surface area contributed by atoms with Crippen molar-refractivity contribution in [1.82, 2.24) is 9.55 Å². The summed E-state index contributed by atoms with van der Waals surface area (Å²) in [6.45, 7) is 0. The monoisotopic (exact) mass is 217 g/mol. The average molecular weight is 217 g/mol. The number of ketones is 1. The van der Waals surface area contributed by atoms with Gasteiger partial charge in [-0.2, -0.15) is 5.26 Å². The van der Waals surface area contributed by atoms with Crippen molar-refractivity contribution in [1.29, 1.82) is 5.26 Å². The van der Waals surface area contributed by atoms with E-state index in [1.165, 1.54) is 0 Å². The molecule has 1 aliphatic carbocycles. The molecule has 16 heavy (non-hydrogen) atoms. The summed E-state index contributed by atoms with van der Waals surface area (Å²) in [7, 11) is 1.93. The van der Waals surface area contributed by atoms with E-state index in [1.54, 1.807) is 6.20 Å². The number of hydrogen-bond acceptors (Lipinski definition) is 3. The van der Waals surface area contributed by atoms with Crippen LogP contribution >= 0.6 is 0 Å². The minimum Gasteiger partial charge on any atom is -0.338 e. The van der Waals surface area contributed by atoms with E-state index in [1.807, 2.05) is 17.8 Å². The first kappa shape index (κ1) is 10.9. The van der Waals surface area contributed by atoms with Crippen molar-refractivity contribution >= 4 is 5.78 Å². The highest BCUT2D eigenvalue weighted by molar-refractivity contribution is 5.89. The van der Waals surface area contributed by atoms with Crippen molar-refractivity contribution in [2.75, 3.05) is 0 Å². The molecule has 0 saturated heterocycles. The van der Waals surface area contributed by atoms with Crippen LogP contribution in [0.3, 0.4) is 0 Å². The number of carbonyl (C=O) groups is 1. The van der Waals surface area contributed by atoms with Crippen molar-refractivity contribution in [2.45, 2.75) is 32.1 Å². The van der Waals surface area contributed by atoms with Gasteiger partial charge >= 0.3 is 0 Å². The first-order chi connectivity index (χ1) is 7.68. The van der Waals surface area contributed by atoms with E-state index in [-0.39, 0.29) is 5.78 Å². The molecular weight excluding hydrogens is 202 g/mol. The van der Waals surface area contributed by atoms with Gasteiger partial charge in [-0.1, -0.05) is 0 Å². The average Bonchev–Trinajstić information content (AvgIpc) is 2.84. The lowest BCUT2D eigenvalue weighted by Gasteiger charge is -2.17. The van der Waals surface area contributed by atoms with Gasteiger partial charge < -0.3 is 4.57 Å². The van der Waals surface area contributed by atoms with Crippen molar-refractivity contribution in [3.63, 3.8) is 0 Å². The molecule has 0 aliphatic heterocycles. The highest BCUT2D eigenvalue weighted by Gasteiger charge is 2.41. The highest BCUT2D eigenvalue weighted by Crippen LogP contribution is 2.38. The smallest absolute Gasteiger partial charge is 0.153 e. The zero-order valence-electron chi connectivity index (χ0n) is 9.44. The molecule has 0 amide bonds. The third-order valence-electron chi connectivity index (χ3n) is 3.45. The number of aromatic nitrogens is 2. The molecule has 1 saturated carbocycles. The number of aryl methyl sites for hydroxylation is 2. The summed E-state index contributed by atoms with van der Waals surface area (Å²) in [5.74, 6) is 1.05. The second-order valence-corrected chi connectivity index (χ2v) is 4.43. The van der Waals surface area contributed by atoms with Crippen LogP contribution in [0.5, 0.6) is 0 Å². The predicted octanol–water partition coefficient (Wildman–Crippen LogP) is 1.62. The van der Waals surface area contributed by atoms with Crippen LogP contribution < -0.4 is 0 Å². The Kier molecular flexibility index (Phi) is 2.78. The van der Waals surface area contributed by atoms with Crippen molar-refractivity contribution < 1.29 is 4.79 Å². The van der Waals surface area contributed by atoms with Crippen LogP contribution in [0.25, 0.3) is 0 Å². The first-order valence-corrected chi connectivity index (χ1v) is 5.59. The Labute approximate surface area is 94.9 Å². The molecule has 0 radical (unpaired) electrons. The Morgan fingerprint density at radius 3 is 3.00 bits per heavy atom. The van der Waals surface area contributed by atoms with E-state index in [4.69, 9.17) is 0 Å². The lowest BCUT2D eigenvalue weighted by Crippen LogP contribution is -2.24. The number of rotatable bonds is 3. The van der Waals surface area contributed by atoms with Crippen LogP contribution in [0.15, 0.2) is 12.4 Å². The lowest BCUT2D eigenvalue weighted by molar-refractivity contribution is -0.123. The van der Waals surface area contributed by atoms with Crippen LogP contribution in [0, 0.1) is 16.7 Å². The van der Waals surface area contributed by atoms with Gasteiger partial charge in [0, 0.05) is 32.3 Å². The number of nitriles is 1. The molecule has 1 aromatic rings. The molecule has 1 unspecified atom stereocenters. The van der Waals surface area contributed by atoms with E-state index in [9.17, 15) is 10.1 Å². The predicted molar refractivity (Wildman–Crippen MR) is 58.4 cm³/mol. The molecule has 1 atom stereocenters. The van der Waals surface area contributed by atoms with Crippen molar-refractivity contribution in [3.05, 3.63) is 18.2 Å². The fraction of sp³-hybridized carbons (Fsp3) is 0.583. The molecule has 84 valence electrons. The SMILES string of the molecule is Cn1ccnc1CCC1(C#N)CCCC1=O. The van der Waals surface area contributed by atoms with Crippen LogP contribution in [0.2, 0.25) is 0 Å².